The van der Waals surface area contributed by atoms with Crippen molar-refractivity contribution in [2.75, 3.05) is 11.9 Å². The summed E-state index contributed by atoms with van der Waals surface area (Å²) in [5, 5.41) is 9.68. The Balaban J connectivity index is 2.42. The summed E-state index contributed by atoms with van der Waals surface area (Å²) in [4.78, 5) is 29.6. The van der Waals surface area contributed by atoms with Crippen molar-refractivity contribution in [3.8, 4) is 0 Å². The van der Waals surface area contributed by atoms with E-state index in [4.69, 9.17) is 0 Å². The van der Waals surface area contributed by atoms with E-state index in [-0.39, 0.29) is 5.69 Å². The van der Waals surface area contributed by atoms with E-state index in [1.165, 1.54) is 18.7 Å². The van der Waals surface area contributed by atoms with Crippen molar-refractivity contribution in [1.29, 1.82) is 0 Å². The largest absolute Gasteiger partial charge is 0.381 e. The molecule has 6 nitrogen and oxygen atoms in total. The number of benzene rings is 1. The number of carbonyl (C=O) groups excluding carboxylic acids is 1. The summed E-state index contributed by atoms with van der Waals surface area (Å²) >= 11 is 0. The number of hydrogen-bond donors (Lipinski definition) is 3. The molecule has 18 heavy (non-hydrogen) atoms. The molecule has 6 heteroatoms. The van der Waals surface area contributed by atoms with E-state index in [0.29, 0.717) is 16.7 Å². The van der Waals surface area contributed by atoms with Gasteiger partial charge >= 0.3 is 5.69 Å². The van der Waals surface area contributed by atoms with E-state index >= 15 is 0 Å². The summed E-state index contributed by atoms with van der Waals surface area (Å²) in [5.74, 6) is -0.417. The average molecular weight is 249 g/mol. The zero-order valence-electron chi connectivity index (χ0n) is 10.4. The summed E-state index contributed by atoms with van der Waals surface area (Å²) in [5.41, 5.74) is 0.166. The van der Waals surface area contributed by atoms with Crippen LogP contribution in [0.2, 0.25) is 0 Å². The summed E-state index contributed by atoms with van der Waals surface area (Å²) < 4.78 is 0. The number of carbonyl (C=O) groups is 1. The number of rotatable bonds is 2. The number of likely N-dealkylation sites (N-methyl/N-ethyl adjacent to an activating group) is 1. The Kier molecular flexibility index (Phi) is 2.74. The molecule has 0 aliphatic carbocycles. The van der Waals surface area contributed by atoms with Gasteiger partial charge < -0.3 is 20.0 Å². The lowest BCUT2D eigenvalue weighted by molar-refractivity contribution is -0.133. The first kappa shape index (κ1) is 12.4. The fraction of sp³-hybridized carbons (Fsp3) is 0.333. The molecule has 3 N–H and O–H groups in total. The topological polar surface area (TPSA) is 89.2 Å². The van der Waals surface area contributed by atoms with Crippen LogP contribution in [-0.2, 0) is 4.79 Å². The molecule has 0 aliphatic rings. The first-order chi connectivity index (χ1) is 8.29. The number of amides is 1. The third-order valence-electron chi connectivity index (χ3n) is 2.71. The highest BCUT2D eigenvalue weighted by atomic mass is 16.3. The van der Waals surface area contributed by atoms with Gasteiger partial charge in [-0.2, -0.15) is 0 Å². The molecule has 1 aromatic heterocycles. The van der Waals surface area contributed by atoms with Gasteiger partial charge in [-0.05, 0) is 32.0 Å². The Hall–Kier alpha value is -2.08. The third-order valence-corrected chi connectivity index (χ3v) is 2.71. The van der Waals surface area contributed by atoms with Gasteiger partial charge in [-0.3, -0.25) is 4.79 Å². The van der Waals surface area contributed by atoms with Crippen molar-refractivity contribution in [1.82, 2.24) is 9.97 Å². The molecule has 0 radical (unpaired) electrons. The van der Waals surface area contributed by atoms with Gasteiger partial charge in [0.1, 0.15) is 5.60 Å². The fourth-order valence-electron chi connectivity index (χ4n) is 1.76. The molecule has 0 unspecified atom stereocenters. The van der Waals surface area contributed by atoms with E-state index in [2.05, 4.69) is 9.97 Å². The monoisotopic (exact) mass is 249 g/mol. The van der Waals surface area contributed by atoms with Crippen molar-refractivity contribution >= 4 is 22.6 Å². The van der Waals surface area contributed by atoms with Gasteiger partial charge in [-0.25, -0.2) is 4.79 Å². The fourth-order valence-corrected chi connectivity index (χ4v) is 1.76. The minimum Gasteiger partial charge on any atom is -0.381 e. The predicted molar refractivity (Wildman–Crippen MR) is 68.6 cm³/mol. The molecular formula is C12H15N3O3. The van der Waals surface area contributed by atoms with Crippen LogP contribution in [0.15, 0.2) is 23.0 Å². The Bertz CT molecular complexity index is 648. The molecule has 1 aromatic carbocycles. The van der Waals surface area contributed by atoms with Gasteiger partial charge in [-0.1, -0.05) is 0 Å². The lowest BCUT2D eigenvalue weighted by Gasteiger charge is -2.24. The number of nitrogens with one attached hydrogen (secondary N) is 2. The van der Waals surface area contributed by atoms with Crippen molar-refractivity contribution < 1.29 is 9.90 Å². The number of aromatic nitrogens is 2. The van der Waals surface area contributed by atoms with Gasteiger partial charge in [0, 0.05) is 12.7 Å². The number of H-pyrrole nitrogens is 2. The van der Waals surface area contributed by atoms with Gasteiger partial charge in [-0.15, -0.1) is 0 Å². The Labute approximate surface area is 103 Å². The molecular weight excluding hydrogens is 234 g/mol. The summed E-state index contributed by atoms with van der Waals surface area (Å²) in [7, 11) is 1.58. The standard InChI is InChI=1S/C12H15N3O3/c1-12(2,18)10(16)15(3)7-4-5-8-9(6-7)14-11(17)13-8/h4-6,18H,1-3H3,(H2,13,14,17). The molecule has 2 rings (SSSR count). The molecule has 0 aliphatic heterocycles. The Morgan fingerprint density at radius 3 is 2.50 bits per heavy atom. The van der Waals surface area contributed by atoms with Gasteiger partial charge in [0.25, 0.3) is 5.91 Å². The van der Waals surface area contributed by atoms with E-state index < -0.39 is 11.5 Å². The maximum Gasteiger partial charge on any atom is 0.323 e. The maximum absolute atomic E-state index is 11.9. The highest BCUT2D eigenvalue weighted by molar-refractivity contribution is 5.99. The van der Waals surface area contributed by atoms with Crippen LogP contribution in [0.3, 0.4) is 0 Å². The van der Waals surface area contributed by atoms with Crippen molar-refractivity contribution in [2.24, 2.45) is 0 Å². The molecule has 1 amide bonds. The number of nitrogens with zero attached hydrogens (tertiary/aromatic N) is 1. The number of hydrogen-bond acceptors (Lipinski definition) is 3. The molecule has 0 atom stereocenters. The summed E-state index contributed by atoms with van der Waals surface area (Å²) in [6, 6.07) is 5.09. The minimum atomic E-state index is -1.44. The molecule has 1 heterocycles. The first-order valence-corrected chi connectivity index (χ1v) is 5.51. The highest BCUT2D eigenvalue weighted by Crippen LogP contribution is 2.20. The molecule has 0 bridgehead atoms. The van der Waals surface area contributed by atoms with Gasteiger partial charge in [0.05, 0.1) is 11.0 Å². The summed E-state index contributed by atoms with van der Waals surface area (Å²) in [6.45, 7) is 2.87. The molecule has 0 spiro atoms. The van der Waals surface area contributed by atoms with E-state index in [0.717, 1.165) is 0 Å². The van der Waals surface area contributed by atoms with Crippen LogP contribution in [0.5, 0.6) is 0 Å². The van der Waals surface area contributed by atoms with Crippen LogP contribution in [0.1, 0.15) is 13.8 Å². The number of imidazole rings is 1. The van der Waals surface area contributed by atoms with Crippen LogP contribution in [0, 0.1) is 0 Å². The van der Waals surface area contributed by atoms with Crippen LogP contribution in [0.4, 0.5) is 5.69 Å². The quantitative estimate of drug-likeness (QED) is 0.727. The van der Waals surface area contributed by atoms with Crippen molar-refractivity contribution in [2.45, 2.75) is 19.4 Å². The number of anilines is 1. The van der Waals surface area contributed by atoms with Crippen LogP contribution >= 0.6 is 0 Å². The second-order valence-corrected chi connectivity index (χ2v) is 4.73. The van der Waals surface area contributed by atoms with Crippen molar-refractivity contribution in [3.63, 3.8) is 0 Å². The van der Waals surface area contributed by atoms with Crippen LogP contribution in [0.25, 0.3) is 11.0 Å². The highest BCUT2D eigenvalue weighted by Gasteiger charge is 2.28. The minimum absolute atomic E-state index is 0.293. The van der Waals surface area contributed by atoms with Gasteiger partial charge in [0.2, 0.25) is 0 Å². The number of fused-ring (bicyclic) bond motifs is 1. The van der Waals surface area contributed by atoms with Crippen LogP contribution < -0.4 is 10.6 Å². The Morgan fingerprint density at radius 2 is 1.89 bits per heavy atom. The van der Waals surface area contributed by atoms with E-state index in [9.17, 15) is 14.7 Å². The summed E-state index contributed by atoms with van der Waals surface area (Å²) in [6.07, 6.45) is 0. The maximum atomic E-state index is 11.9. The smallest absolute Gasteiger partial charge is 0.323 e. The number of aromatic amines is 2. The molecule has 0 saturated heterocycles. The lowest BCUT2D eigenvalue weighted by Crippen LogP contribution is -2.43. The first-order valence-electron chi connectivity index (χ1n) is 5.51. The molecule has 0 fully saturated rings. The SMILES string of the molecule is CN(C(=O)C(C)(C)O)c1ccc2[nH]c(=O)[nH]c2c1. The molecule has 96 valence electrons. The van der Waals surface area contributed by atoms with E-state index in [1.54, 1.807) is 25.2 Å². The van der Waals surface area contributed by atoms with Crippen molar-refractivity contribution in [3.05, 3.63) is 28.7 Å². The normalized spacial score (nSPS) is 11.8. The predicted octanol–water partition coefficient (Wildman–Crippen LogP) is 0.590. The van der Waals surface area contributed by atoms with Gasteiger partial charge in [0.15, 0.2) is 0 Å². The second-order valence-electron chi connectivity index (χ2n) is 4.73. The molecule has 2 aromatic rings. The number of aliphatic hydroxyl groups is 1. The second kappa shape index (κ2) is 3.99. The van der Waals surface area contributed by atoms with E-state index in [1.807, 2.05) is 0 Å². The average Bonchev–Trinajstić information content (AvgIpc) is 2.64. The zero-order chi connectivity index (χ0) is 13.5. The zero-order valence-corrected chi connectivity index (χ0v) is 10.4. The van der Waals surface area contributed by atoms with Crippen LogP contribution in [-0.4, -0.2) is 33.6 Å². The third kappa shape index (κ3) is 2.14. The Morgan fingerprint density at radius 1 is 1.28 bits per heavy atom. The molecule has 0 saturated carbocycles. The lowest BCUT2D eigenvalue weighted by atomic mass is 10.1.